The number of hydrogen-bond donors (Lipinski definition) is 1. The average Bonchev–Trinajstić information content (AvgIpc) is 2.40. The van der Waals surface area contributed by atoms with E-state index in [9.17, 15) is 4.39 Å². The lowest BCUT2D eigenvalue weighted by Crippen LogP contribution is -2.15. The van der Waals surface area contributed by atoms with E-state index in [0.29, 0.717) is 11.3 Å². The van der Waals surface area contributed by atoms with Gasteiger partial charge in [-0.1, -0.05) is 36.0 Å². The third-order valence-electron chi connectivity index (χ3n) is 2.42. The summed E-state index contributed by atoms with van der Waals surface area (Å²) in [7, 11) is 0. The molecule has 1 heterocycles. The number of nitrogens with zero attached hydrogens (tertiary/aromatic N) is 1. The first kappa shape index (κ1) is 13.7. The number of nitrogens with two attached hydrogens (primary N) is 1. The molecule has 0 bridgehead atoms. The maximum Gasteiger partial charge on any atom is 0.183 e. The maximum absolute atomic E-state index is 13.6. The van der Waals surface area contributed by atoms with Gasteiger partial charge in [0.1, 0.15) is 17.3 Å². The van der Waals surface area contributed by atoms with Gasteiger partial charge in [-0.25, -0.2) is 4.39 Å². The van der Waals surface area contributed by atoms with Crippen LogP contribution in [-0.2, 0) is 6.61 Å². The molecule has 0 spiro atoms. The number of rotatable bonds is 4. The van der Waals surface area contributed by atoms with E-state index in [0.717, 1.165) is 0 Å². The standard InChI is InChI=1S/C13H10ClFN2OS/c14-9-4-1-5-10(11(9)15)18-7-8-3-2-6-17-12(8)13(16)19/h1-6H,7H2,(H2,16,19). The zero-order chi connectivity index (χ0) is 13.8. The fourth-order valence-corrected chi connectivity index (χ4v) is 1.88. The summed E-state index contributed by atoms with van der Waals surface area (Å²) in [5, 5.41) is 0.0123. The molecule has 6 heteroatoms. The number of thiocarbonyl (C=S) groups is 1. The molecule has 3 nitrogen and oxygen atoms in total. The van der Waals surface area contributed by atoms with Crippen molar-refractivity contribution in [3.8, 4) is 5.75 Å². The third-order valence-corrected chi connectivity index (χ3v) is 2.91. The minimum atomic E-state index is -0.593. The number of halogens is 2. The van der Waals surface area contributed by atoms with Crippen molar-refractivity contribution in [1.29, 1.82) is 0 Å². The molecule has 0 saturated heterocycles. The van der Waals surface area contributed by atoms with Crippen LogP contribution in [0.1, 0.15) is 11.3 Å². The Morgan fingerprint density at radius 3 is 2.89 bits per heavy atom. The molecule has 1 aromatic heterocycles. The van der Waals surface area contributed by atoms with E-state index in [-0.39, 0.29) is 22.4 Å². The molecule has 1 aromatic carbocycles. The van der Waals surface area contributed by atoms with Crippen LogP contribution >= 0.6 is 23.8 Å². The predicted molar refractivity (Wildman–Crippen MR) is 75.9 cm³/mol. The highest BCUT2D eigenvalue weighted by molar-refractivity contribution is 7.80. The van der Waals surface area contributed by atoms with Gasteiger partial charge in [0.25, 0.3) is 0 Å². The number of benzene rings is 1. The minimum absolute atomic E-state index is 0.0123. The van der Waals surface area contributed by atoms with Gasteiger partial charge in [-0.3, -0.25) is 4.98 Å². The van der Waals surface area contributed by atoms with Crippen LogP contribution in [0.3, 0.4) is 0 Å². The number of pyridine rings is 1. The molecule has 0 unspecified atom stereocenters. The van der Waals surface area contributed by atoms with E-state index < -0.39 is 5.82 Å². The van der Waals surface area contributed by atoms with Crippen molar-refractivity contribution >= 4 is 28.8 Å². The molecule has 0 aliphatic rings. The first-order valence-corrected chi connectivity index (χ1v) is 6.18. The molecule has 2 aromatic rings. The summed E-state index contributed by atoms with van der Waals surface area (Å²) in [5.74, 6) is -0.518. The van der Waals surface area contributed by atoms with E-state index in [2.05, 4.69) is 4.98 Å². The Hall–Kier alpha value is -1.72. The van der Waals surface area contributed by atoms with Crippen LogP contribution < -0.4 is 10.5 Å². The molecule has 0 radical (unpaired) electrons. The summed E-state index contributed by atoms with van der Waals surface area (Å²) < 4.78 is 19.0. The van der Waals surface area contributed by atoms with Crippen LogP contribution in [0.4, 0.5) is 4.39 Å². The molecule has 0 saturated carbocycles. The Balaban J connectivity index is 2.19. The zero-order valence-electron chi connectivity index (χ0n) is 9.77. The summed E-state index contributed by atoms with van der Waals surface area (Å²) in [6.45, 7) is 0.109. The molecule has 2 N–H and O–H groups in total. The molecule has 0 fully saturated rings. The number of aromatic nitrogens is 1. The molecule has 0 atom stereocenters. The predicted octanol–water partition coefficient (Wildman–Crippen LogP) is 3.09. The lowest BCUT2D eigenvalue weighted by atomic mass is 10.2. The molecule has 0 aliphatic heterocycles. The topological polar surface area (TPSA) is 48.1 Å². The SMILES string of the molecule is NC(=S)c1ncccc1COc1cccc(Cl)c1F. The van der Waals surface area contributed by atoms with E-state index >= 15 is 0 Å². The van der Waals surface area contributed by atoms with Gasteiger partial charge in [-0.2, -0.15) is 0 Å². The molecule has 98 valence electrons. The molecular weight excluding hydrogens is 287 g/mol. The largest absolute Gasteiger partial charge is 0.486 e. The normalized spacial score (nSPS) is 10.2. The van der Waals surface area contributed by atoms with Crippen LogP contribution in [0.5, 0.6) is 5.75 Å². The highest BCUT2D eigenvalue weighted by Gasteiger charge is 2.10. The van der Waals surface area contributed by atoms with Crippen molar-refractivity contribution in [3.63, 3.8) is 0 Å². The second-order valence-corrected chi connectivity index (χ2v) is 4.56. The highest BCUT2D eigenvalue weighted by Crippen LogP contribution is 2.25. The highest BCUT2D eigenvalue weighted by atomic mass is 35.5. The van der Waals surface area contributed by atoms with E-state index in [4.69, 9.17) is 34.3 Å². The Kier molecular flexibility index (Phi) is 4.29. The maximum atomic E-state index is 13.6. The van der Waals surface area contributed by atoms with Gasteiger partial charge in [0.15, 0.2) is 11.6 Å². The molecule has 19 heavy (non-hydrogen) atoms. The van der Waals surface area contributed by atoms with Gasteiger partial charge >= 0.3 is 0 Å². The van der Waals surface area contributed by atoms with Gasteiger partial charge in [-0.15, -0.1) is 0 Å². The Morgan fingerprint density at radius 2 is 2.16 bits per heavy atom. The second-order valence-electron chi connectivity index (χ2n) is 3.72. The van der Waals surface area contributed by atoms with Gasteiger partial charge in [0.05, 0.1) is 5.02 Å². The summed E-state index contributed by atoms with van der Waals surface area (Å²) in [5.41, 5.74) is 6.72. The average molecular weight is 297 g/mol. The Labute approximate surface area is 120 Å². The first-order valence-electron chi connectivity index (χ1n) is 5.40. The number of ether oxygens (including phenoxy) is 1. The van der Waals surface area contributed by atoms with Gasteiger partial charge in [0.2, 0.25) is 0 Å². The molecule has 2 rings (SSSR count). The van der Waals surface area contributed by atoms with Gasteiger partial charge in [0, 0.05) is 11.8 Å². The zero-order valence-corrected chi connectivity index (χ0v) is 11.3. The van der Waals surface area contributed by atoms with Crippen molar-refractivity contribution < 1.29 is 9.13 Å². The first-order chi connectivity index (χ1) is 9.09. The number of hydrogen-bond acceptors (Lipinski definition) is 3. The lowest BCUT2D eigenvalue weighted by molar-refractivity contribution is 0.290. The Bertz CT molecular complexity index is 621. The smallest absolute Gasteiger partial charge is 0.183 e. The fraction of sp³-hybridized carbons (Fsp3) is 0.0769. The minimum Gasteiger partial charge on any atom is -0.486 e. The quantitative estimate of drug-likeness (QED) is 0.881. The molecule has 0 aliphatic carbocycles. The van der Waals surface area contributed by atoms with E-state index in [1.54, 1.807) is 24.4 Å². The molecule has 0 amide bonds. The van der Waals surface area contributed by atoms with Gasteiger partial charge < -0.3 is 10.5 Å². The van der Waals surface area contributed by atoms with Crippen LogP contribution in [-0.4, -0.2) is 9.97 Å². The fourth-order valence-electron chi connectivity index (χ4n) is 1.53. The van der Waals surface area contributed by atoms with E-state index in [1.165, 1.54) is 12.1 Å². The summed E-state index contributed by atoms with van der Waals surface area (Å²) >= 11 is 10.6. The summed E-state index contributed by atoms with van der Waals surface area (Å²) in [6.07, 6.45) is 1.58. The van der Waals surface area contributed by atoms with Crippen molar-refractivity contribution in [2.75, 3.05) is 0 Å². The van der Waals surface area contributed by atoms with Crippen molar-refractivity contribution in [2.45, 2.75) is 6.61 Å². The van der Waals surface area contributed by atoms with Crippen LogP contribution in [0.25, 0.3) is 0 Å². The monoisotopic (exact) mass is 296 g/mol. The van der Waals surface area contributed by atoms with Crippen LogP contribution in [0, 0.1) is 5.82 Å². The van der Waals surface area contributed by atoms with Crippen molar-refractivity contribution in [1.82, 2.24) is 4.98 Å². The lowest BCUT2D eigenvalue weighted by Gasteiger charge is -2.10. The van der Waals surface area contributed by atoms with Crippen molar-refractivity contribution in [3.05, 3.63) is 58.6 Å². The van der Waals surface area contributed by atoms with Crippen LogP contribution in [0.2, 0.25) is 5.02 Å². The third kappa shape index (κ3) is 3.19. The van der Waals surface area contributed by atoms with Crippen LogP contribution in [0.15, 0.2) is 36.5 Å². The van der Waals surface area contributed by atoms with Crippen molar-refractivity contribution in [2.24, 2.45) is 5.73 Å². The Morgan fingerprint density at radius 1 is 1.37 bits per heavy atom. The summed E-state index contributed by atoms with van der Waals surface area (Å²) in [4.78, 5) is 4.24. The van der Waals surface area contributed by atoms with E-state index in [1.807, 2.05) is 0 Å². The second kappa shape index (κ2) is 5.95. The van der Waals surface area contributed by atoms with Gasteiger partial charge in [-0.05, 0) is 18.2 Å². The summed E-state index contributed by atoms with van der Waals surface area (Å²) in [6, 6.07) is 8.06. The molecular formula is C13H10ClFN2OS.